The molecule has 0 spiro atoms. The van der Waals surface area contributed by atoms with Crippen LogP contribution in [0.4, 0.5) is 0 Å². The minimum atomic E-state index is 0.654. The Balaban J connectivity index is 1.90. The molecule has 2 N–H and O–H groups in total. The van der Waals surface area contributed by atoms with Crippen LogP contribution >= 0.6 is 0 Å². The summed E-state index contributed by atoms with van der Waals surface area (Å²) in [6.45, 7) is 7.20. The summed E-state index contributed by atoms with van der Waals surface area (Å²) >= 11 is 0. The smallest absolute Gasteiger partial charge is 0.0713 e. The van der Waals surface area contributed by atoms with Crippen molar-refractivity contribution < 1.29 is 4.74 Å². The number of nitrogens with zero attached hydrogens (tertiary/aromatic N) is 1. The molecular formula is C16H26N2O. The molecule has 0 saturated carbocycles. The second-order valence-electron chi connectivity index (χ2n) is 5.75. The van der Waals surface area contributed by atoms with Gasteiger partial charge in [-0.15, -0.1) is 0 Å². The predicted octanol–water partition coefficient (Wildman–Crippen LogP) is 2.25. The Hall–Kier alpha value is -0.900. The number of methoxy groups -OCH3 is 1. The molecule has 0 aromatic heterocycles. The third-order valence-corrected chi connectivity index (χ3v) is 4.24. The lowest BCUT2D eigenvalue weighted by molar-refractivity contribution is 0.126. The maximum absolute atomic E-state index is 5.86. The van der Waals surface area contributed by atoms with Crippen LogP contribution in [-0.2, 0) is 17.9 Å². The maximum Gasteiger partial charge on any atom is 0.0713 e. The summed E-state index contributed by atoms with van der Waals surface area (Å²) in [7, 11) is 1.73. The van der Waals surface area contributed by atoms with E-state index in [0.29, 0.717) is 12.5 Å². The lowest BCUT2D eigenvalue weighted by Crippen LogP contribution is -2.42. The van der Waals surface area contributed by atoms with E-state index in [1.807, 2.05) is 0 Å². The Labute approximate surface area is 116 Å². The predicted molar refractivity (Wildman–Crippen MR) is 78.8 cm³/mol. The zero-order chi connectivity index (χ0) is 13.7. The Morgan fingerprint density at radius 3 is 2.58 bits per heavy atom. The average molecular weight is 262 g/mol. The van der Waals surface area contributed by atoms with Gasteiger partial charge in [0.15, 0.2) is 0 Å². The fourth-order valence-electron chi connectivity index (χ4n) is 2.84. The normalized spacial score (nSPS) is 24.6. The molecule has 0 bridgehead atoms. The van der Waals surface area contributed by atoms with Crippen LogP contribution in [0, 0.1) is 11.8 Å². The SMILES string of the molecule is COCc1ccc(CN2CCC(C)C(CN)C2)cc1. The maximum atomic E-state index is 5.86. The summed E-state index contributed by atoms with van der Waals surface area (Å²) in [5, 5.41) is 0. The highest BCUT2D eigenvalue weighted by molar-refractivity contribution is 5.22. The van der Waals surface area contributed by atoms with Crippen molar-refractivity contribution in [3.8, 4) is 0 Å². The zero-order valence-corrected chi connectivity index (χ0v) is 12.1. The highest BCUT2D eigenvalue weighted by atomic mass is 16.5. The van der Waals surface area contributed by atoms with E-state index in [0.717, 1.165) is 25.6 Å². The lowest BCUT2D eigenvalue weighted by atomic mass is 9.87. The van der Waals surface area contributed by atoms with Crippen LogP contribution in [0.1, 0.15) is 24.5 Å². The fraction of sp³-hybridized carbons (Fsp3) is 0.625. The highest BCUT2D eigenvalue weighted by Crippen LogP contribution is 2.23. The molecule has 19 heavy (non-hydrogen) atoms. The van der Waals surface area contributed by atoms with Crippen molar-refractivity contribution in [3.05, 3.63) is 35.4 Å². The largest absolute Gasteiger partial charge is 0.380 e. The van der Waals surface area contributed by atoms with Crippen molar-refractivity contribution in [1.82, 2.24) is 4.90 Å². The summed E-state index contributed by atoms with van der Waals surface area (Å²) in [5.41, 5.74) is 8.48. The zero-order valence-electron chi connectivity index (χ0n) is 12.1. The molecule has 1 aromatic rings. The molecule has 1 aromatic carbocycles. The van der Waals surface area contributed by atoms with Gasteiger partial charge in [-0.25, -0.2) is 0 Å². The molecule has 106 valence electrons. The molecule has 2 rings (SSSR count). The summed E-state index contributed by atoms with van der Waals surface area (Å²) in [5.74, 6) is 1.42. The molecule has 3 heteroatoms. The topological polar surface area (TPSA) is 38.5 Å². The van der Waals surface area contributed by atoms with E-state index in [1.54, 1.807) is 7.11 Å². The molecule has 3 nitrogen and oxygen atoms in total. The van der Waals surface area contributed by atoms with Crippen molar-refractivity contribution in [1.29, 1.82) is 0 Å². The second-order valence-corrected chi connectivity index (χ2v) is 5.75. The van der Waals surface area contributed by atoms with Gasteiger partial charge < -0.3 is 10.5 Å². The Bertz CT molecular complexity index is 377. The van der Waals surface area contributed by atoms with Crippen molar-refractivity contribution in [2.45, 2.75) is 26.5 Å². The molecule has 1 saturated heterocycles. The number of hydrogen-bond donors (Lipinski definition) is 1. The number of likely N-dealkylation sites (tertiary alicyclic amines) is 1. The molecular weight excluding hydrogens is 236 g/mol. The number of hydrogen-bond acceptors (Lipinski definition) is 3. The number of ether oxygens (including phenoxy) is 1. The lowest BCUT2D eigenvalue weighted by Gasteiger charge is -2.36. The van der Waals surface area contributed by atoms with Gasteiger partial charge in [0.25, 0.3) is 0 Å². The van der Waals surface area contributed by atoms with Crippen LogP contribution < -0.4 is 5.73 Å². The van der Waals surface area contributed by atoms with E-state index < -0.39 is 0 Å². The third kappa shape index (κ3) is 4.03. The Morgan fingerprint density at radius 1 is 1.26 bits per heavy atom. The number of nitrogens with two attached hydrogens (primary N) is 1. The van der Waals surface area contributed by atoms with E-state index in [-0.39, 0.29) is 0 Å². The molecule has 0 aliphatic carbocycles. The average Bonchev–Trinajstić information content (AvgIpc) is 2.43. The molecule has 1 heterocycles. The van der Waals surface area contributed by atoms with Crippen molar-refractivity contribution in [2.75, 3.05) is 26.7 Å². The second kappa shape index (κ2) is 7.04. The standard InChI is InChI=1S/C16H26N2O/c1-13-7-8-18(11-16(13)9-17)10-14-3-5-15(6-4-14)12-19-2/h3-6,13,16H,7-12,17H2,1-2H3. The van der Waals surface area contributed by atoms with Crippen LogP contribution in [0.2, 0.25) is 0 Å². The van der Waals surface area contributed by atoms with Crippen LogP contribution in [-0.4, -0.2) is 31.6 Å². The van der Waals surface area contributed by atoms with Crippen molar-refractivity contribution >= 4 is 0 Å². The summed E-state index contributed by atoms with van der Waals surface area (Å²) in [6.07, 6.45) is 1.27. The van der Waals surface area contributed by atoms with Gasteiger partial charge in [0, 0.05) is 20.2 Å². The molecule has 1 aliphatic heterocycles. The number of rotatable bonds is 5. The van der Waals surface area contributed by atoms with E-state index >= 15 is 0 Å². The van der Waals surface area contributed by atoms with Gasteiger partial charge in [0.05, 0.1) is 6.61 Å². The molecule has 1 aliphatic rings. The summed E-state index contributed by atoms with van der Waals surface area (Å²) in [4.78, 5) is 2.53. The molecule has 0 radical (unpaired) electrons. The molecule has 0 amide bonds. The van der Waals surface area contributed by atoms with E-state index in [1.165, 1.54) is 24.1 Å². The first-order valence-electron chi connectivity index (χ1n) is 7.22. The first-order valence-corrected chi connectivity index (χ1v) is 7.22. The third-order valence-electron chi connectivity index (χ3n) is 4.24. The first-order chi connectivity index (χ1) is 9.22. The van der Waals surface area contributed by atoms with Gasteiger partial charge >= 0.3 is 0 Å². The van der Waals surface area contributed by atoms with Crippen LogP contribution in [0.15, 0.2) is 24.3 Å². The quantitative estimate of drug-likeness (QED) is 0.884. The minimum absolute atomic E-state index is 0.654. The first kappa shape index (κ1) is 14.5. The van der Waals surface area contributed by atoms with Gasteiger partial charge in [0.1, 0.15) is 0 Å². The van der Waals surface area contributed by atoms with Crippen LogP contribution in [0.3, 0.4) is 0 Å². The Morgan fingerprint density at radius 2 is 1.95 bits per heavy atom. The molecule has 2 unspecified atom stereocenters. The van der Waals surface area contributed by atoms with Gasteiger partial charge in [-0.3, -0.25) is 4.90 Å². The molecule has 2 atom stereocenters. The fourth-order valence-corrected chi connectivity index (χ4v) is 2.84. The molecule has 1 fully saturated rings. The van der Waals surface area contributed by atoms with Crippen LogP contribution in [0.25, 0.3) is 0 Å². The van der Waals surface area contributed by atoms with Gasteiger partial charge in [-0.05, 0) is 42.5 Å². The highest BCUT2D eigenvalue weighted by Gasteiger charge is 2.24. The van der Waals surface area contributed by atoms with E-state index in [9.17, 15) is 0 Å². The van der Waals surface area contributed by atoms with Gasteiger partial charge in [-0.2, -0.15) is 0 Å². The van der Waals surface area contributed by atoms with Crippen molar-refractivity contribution in [3.63, 3.8) is 0 Å². The monoisotopic (exact) mass is 262 g/mol. The summed E-state index contributed by atoms with van der Waals surface area (Å²) < 4.78 is 5.13. The number of benzene rings is 1. The minimum Gasteiger partial charge on any atom is -0.380 e. The summed E-state index contributed by atoms with van der Waals surface area (Å²) in [6, 6.07) is 8.74. The van der Waals surface area contributed by atoms with E-state index in [4.69, 9.17) is 10.5 Å². The number of piperidine rings is 1. The van der Waals surface area contributed by atoms with Gasteiger partial charge in [0.2, 0.25) is 0 Å². The van der Waals surface area contributed by atoms with Gasteiger partial charge in [-0.1, -0.05) is 31.2 Å². The van der Waals surface area contributed by atoms with Crippen LogP contribution in [0.5, 0.6) is 0 Å². The Kier molecular flexibility index (Phi) is 5.37. The van der Waals surface area contributed by atoms with Crippen molar-refractivity contribution in [2.24, 2.45) is 17.6 Å². The van der Waals surface area contributed by atoms with E-state index in [2.05, 4.69) is 36.1 Å².